The summed E-state index contributed by atoms with van der Waals surface area (Å²) in [5.74, 6) is 1.11. The third-order valence-corrected chi connectivity index (χ3v) is 4.06. The number of hydrogen-bond acceptors (Lipinski definition) is 4. The highest BCUT2D eigenvalue weighted by Crippen LogP contribution is 2.22. The van der Waals surface area contributed by atoms with Gasteiger partial charge in [-0.05, 0) is 39.2 Å². The molecule has 0 aromatic carbocycles. The number of hydrogen-bond donors (Lipinski definition) is 1. The van der Waals surface area contributed by atoms with Crippen LogP contribution in [0.25, 0.3) is 0 Å². The van der Waals surface area contributed by atoms with Gasteiger partial charge in [0.2, 0.25) is 0 Å². The van der Waals surface area contributed by atoms with E-state index in [4.69, 9.17) is 0 Å². The number of nitrogens with zero attached hydrogens (tertiary/aromatic N) is 4. The molecular weight excluding hydrogens is 226 g/mol. The molecule has 1 saturated carbocycles. The molecule has 1 aliphatic carbocycles. The zero-order valence-electron chi connectivity index (χ0n) is 11.2. The summed E-state index contributed by atoms with van der Waals surface area (Å²) < 4.78 is 2.00. The molecule has 100 valence electrons. The molecule has 0 radical (unpaired) electrons. The van der Waals surface area contributed by atoms with Crippen LogP contribution in [-0.4, -0.2) is 44.8 Å². The Bertz CT molecular complexity index is 384. The van der Waals surface area contributed by atoms with Crippen molar-refractivity contribution >= 4 is 0 Å². The lowest BCUT2D eigenvalue weighted by Crippen LogP contribution is -2.38. The van der Waals surface area contributed by atoms with Crippen LogP contribution in [0.5, 0.6) is 0 Å². The van der Waals surface area contributed by atoms with Crippen LogP contribution in [0.3, 0.4) is 0 Å². The summed E-state index contributed by atoms with van der Waals surface area (Å²) in [6.07, 6.45) is 7.05. The standard InChI is InChI=1S/C13H23N5/c1-2-18-13(15-10-16-18)9-17-7-3-4-12(17)8-14-11-5-6-11/h10-12,14H,2-9H2,1H3. The van der Waals surface area contributed by atoms with Crippen molar-refractivity contribution in [2.45, 2.75) is 57.8 Å². The largest absolute Gasteiger partial charge is 0.312 e. The van der Waals surface area contributed by atoms with Gasteiger partial charge in [-0.2, -0.15) is 5.10 Å². The molecule has 1 aromatic rings. The van der Waals surface area contributed by atoms with Gasteiger partial charge in [0.05, 0.1) is 6.54 Å². The quantitative estimate of drug-likeness (QED) is 0.817. The summed E-state index contributed by atoms with van der Waals surface area (Å²) in [5.41, 5.74) is 0. The zero-order valence-corrected chi connectivity index (χ0v) is 11.2. The van der Waals surface area contributed by atoms with Crippen LogP contribution >= 0.6 is 0 Å². The maximum absolute atomic E-state index is 4.38. The van der Waals surface area contributed by atoms with Crippen molar-refractivity contribution in [3.63, 3.8) is 0 Å². The minimum Gasteiger partial charge on any atom is -0.312 e. The molecule has 0 bridgehead atoms. The van der Waals surface area contributed by atoms with Crippen molar-refractivity contribution < 1.29 is 0 Å². The van der Waals surface area contributed by atoms with E-state index in [1.807, 2.05) is 4.68 Å². The van der Waals surface area contributed by atoms with Gasteiger partial charge in [0.1, 0.15) is 12.2 Å². The Kier molecular flexibility index (Phi) is 3.61. The minimum atomic E-state index is 0.688. The van der Waals surface area contributed by atoms with E-state index in [0.717, 1.165) is 31.5 Å². The molecule has 3 rings (SSSR count). The van der Waals surface area contributed by atoms with Crippen LogP contribution < -0.4 is 5.32 Å². The molecule has 2 fully saturated rings. The summed E-state index contributed by atoms with van der Waals surface area (Å²) in [6, 6.07) is 1.50. The van der Waals surface area contributed by atoms with Crippen LogP contribution in [0.4, 0.5) is 0 Å². The van der Waals surface area contributed by atoms with Crippen molar-refractivity contribution in [3.05, 3.63) is 12.2 Å². The summed E-state index contributed by atoms with van der Waals surface area (Å²) in [7, 11) is 0. The third-order valence-electron chi connectivity index (χ3n) is 4.06. The van der Waals surface area contributed by atoms with E-state index in [9.17, 15) is 0 Å². The van der Waals surface area contributed by atoms with Crippen molar-refractivity contribution in [1.29, 1.82) is 0 Å². The first kappa shape index (κ1) is 12.1. The molecule has 1 aliphatic heterocycles. The second-order valence-electron chi connectivity index (χ2n) is 5.44. The van der Waals surface area contributed by atoms with Crippen molar-refractivity contribution in [2.75, 3.05) is 13.1 Å². The predicted octanol–water partition coefficient (Wildman–Crippen LogP) is 1.01. The van der Waals surface area contributed by atoms with E-state index < -0.39 is 0 Å². The summed E-state index contributed by atoms with van der Waals surface area (Å²) in [6.45, 7) is 6.33. The third kappa shape index (κ3) is 2.72. The van der Waals surface area contributed by atoms with E-state index in [0.29, 0.717) is 6.04 Å². The Balaban J connectivity index is 1.56. The van der Waals surface area contributed by atoms with Crippen LogP contribution in [0.2, 0.25) is 0 Å². The van der Waals surface area contributed by atoms with Gasteiger partial charge in [-0.3, -0.25) is 4.90 Å². The highest BCUT2D eigenvalue weighted by atomic mass is 15.4. The van der Waals surface area contributed by atoms with Gasteiger partial charge in [-0.15, -0.1) is 0 Å². The molecule has 18 heavy (non-hydrogen) atoms. The molecule has 1 N–H and O–H groups in total. The van der Waals surface area contributed by atoms with Gasteiger partial charge in [0, 0.05) is 25.2 Å². The second-order valence-corrected chi connectivity index (χ2v) is 5.44. The first-order valence-corrected chi connectivity index (χ1v) is 7.21. The molecule has 2 heterocycles. The number of rotatable bonds is 6. The smallest absolute Gasteiger partial charge is 0.141 e. The van der Waals surface area contributed by atoms with Gasteiger partial charge in [0.25, 0.3) is 0 Å². The van der Waals surface area contributed by atoms with Gasteiger partial charge < -0.3 is 5.32 Å². The molecule has 1 aromatic heterocycles. The number of likely N-dealkylation sites (tertiary alicyclic amines) is 1. The lowest BCUT2D eigenvalue weighted by atomic mass is 10.2. The Morgan fingerprint density at radius 3 is 3.06 bits per heavy atom. The summed E-state index contributed by atoms with van der Waals surface area (Å²) in [4.78, 5) is 6.94. The zero-order chi connectivity index (χ0) is 12.4. The average Bonchev–Trinajstić information content (AvgIpc) is 2.94. The Labute approximate surface area is 109 Å². The molecule has 1 saturated heterocycles. The van der Waals surface area contributed by atoms with Crippen molar-refractivity contribution in [3.8, 4) is 0 Å². The van der Waals surface area contributed by atoms with E-state index in [-0.39, 0.29) is 0 Å². The highest BCUT2D eigenvalue weighted by molar-refractivity contribution is 4.91. The molecule has 0 spiro atoms. The van der Waals surface area contributed by atoms with Crippen LogP contribution in [-0.2, 0) is 13.1 Å². The Hall–Kier alpha value is -0.940. The monoisotopic (exact) mass is 249 g/mol. The van der Waals surface area contributed by atoms with E-state index in [1.54, 1.807) is 6.33 Å². The van der Waals surface area contributed by atoms with Gasteiger partial charge in [-0.25, -0.2) is 9.67 Å². The van der Waals surface area contributed by atoms with Crippen LogP contribution in [0, 0.1) is 0 Å². The van der Waals surface area contributed by atoms with Crippen molar-refractivity contribution in [1.82, 2.24) is 25.0 Å². The fourth-order valence-electron chi connectivity index (χ4n) is 2.78. The maximum atomic E-state index is 4.38. The maximum Gasteiger partial charge on any atom is 0.141 e. The molecule has 5 nitrogen and oxygen atoms in total. The topological polar surface area (TPSA) is 46.0 Å². The van der Waals surface area contributed by atoms with Crippen molar-refractivity contribution in [2.24, 2.45) is 0 Å². The number of aryl methyl sites for hydroxylation is 1. The van der Waals surface area contributed by atoms with Gasteiger partial charge in [0.15, 0.2) is 0 Å². The first-order valence-electron chi connectivity index (χ1n) is 7.21. The van der Waals surface area contributed by atoms with Crippen LogP contribution in [0.1, 0.15) is 38.4 Å². The lowest BCUT2D eigenvalue weighted by Gasteiger charge is -2.24. The van der Waals surface area contributed by atoms with Gasteiger partial charge in [-0.1, -0.05) is 0 Å². The average molecular weight is 249 g/mol. The minimum absolute atomic E-state index is 0.688. The lowest BCUT2D eigenvalue weighted by molar-refractivity contribution is 0.229. The molecule has 1 unspecified atom stereocenters. The summed E-state index contributed by atoms with van der Waals surface area (Å²) >= 11 is 0. The fourth-order valence-corrected chi connectivity index (χ4v) is 2.78. The Morgan fingerprint density at radius 1 is 1.39 bits per heavy atom. The second kappa shape index (κ2) is 5.36. The molecule has 2 aliphatic rings. The highest BCUT2D eigenvalue weighted by Gasteiger charge is 2.28. The SMILES string of the molecule is CCn1ncnc1CN1CCCC1CNC1CC1. The van der Waals surface area contributed by atoms with Crippen LogP contribution in [0.15, 0.2) is 6.33 Å². The fraction of sp³-hybridized carbons (Fsp3) is 0.846. The van der Waals surface area contributed by atoms with Gasteiger partial charge >= 0.3 is 0 Å². The number of nitrogens with one attached hydrogen (secondary N) is 1. The van der Waals surface area contributed by atoms with E-state index in [2.05, 4.69) is 27.2 Å². The van der Waals surface area contributed by atoms with E-state index >= 15 is 0 Å². The van der Waals surface area contributed by atoms with E-state index in [1.165, 1.54) is 32.2 Å². The molecular formula is C13H23N5. The summed E-state index contributed by atoms with van der Waals surface area (Å²) in [5, 5.41) is 7.90. The molecule has 5 heteroatoms. The molecule has 1 atom stereocenters. The predicted molar refractivity (Wildman–Crippen MR) is 70.2 cm³/mol. The Morgan fingerprint density at radius 2 is 2.28 bits per heavy atom. The number of aromatic nitrogens is 3. The normalized spacial score (nSPS) is 24.8. The molecule has 0 amide bonds. The first-order chi connectivity index (χ1) is 8.86.